The minimum Gasteiger partial charge on any atom is -0.439 e. The van der Waals surface area contributed by atoms with Gasteiger partial charge < -0.3 is 4.74 Å². The third kappa shape index (κ3) is 6.97. The van der Waals surface area contributed by atoms with Crippen LogP contribution in [0.3, 0.4) is 0 Å². The first-order chi connectivity index (χ1) is 30.1. The lowest BCUT2D eigenvalue weighted by atomic mass is 9.78. The molecule has 0 amide bonds. The van der Waals surface area contributed by atoms with Gasteiger partial charge in [0.15, 0.2) is 0 Å². The molecule has 4 aromatic carbocycles. The Hall–Kier alpha value is -5.84. The third-order valence-electron chi connectivity index (χ3n) is 10.5. The van der Waals surface area contributed by atoms with E-state index in [0.29, 0.717) is 39.2 Å². The topological polar surface area (TPSA) is 46.0 Å². The van der Waals surface area contributed by atoms with E-state index in [1.165, 1.54) is 0 Å². The Balaban J connectivity index is 1.40. The molecule has 8 rings (SSSR count). The van der Waals surface area contributed by atoms with Crippen LogP contribution in [-0.4, -0.2) is 20.5 Å². The van der Waals surface area contributed by atoms with Crippen molar-refractivity contribution in [2.45, 2.75) is 105 Å². The Morgan fingerprint density at radius 2 is 1.25 bits per heavy atom. The van der Waals surface area contributed by atoms with Gasteiger partial charge in [0.25, 0.3) is 11.4 Å². The van der Waals surface area contributed by atoms with Crippen LogP contribution in [0, 0.1) is 0 Å². The summed E-state index contributed by atoms with van der Waals surface area (Å²) in [5.74, 6) is 1.06. The van der Waals surface area contributed by atoms with E-state index < -0.39 is 5.41 Å². The fourth-order valence-electron chi connectivity index (χ4n) is 7.39. The molecule has 0 unspecified atom stereocenters. The van der Waals surface area contributed by atoms with Gasteiger partial charge in [-0.05, 0) is 66.2 Å². The van der Waals surface area contributed by atoms with Crippen LogP contribution >= 0.6 is 0 Å². The average molecular weight is 762 g/mol. The first-order valence-electron chi connectivity index (χ1n) is 23.4. The van der Waals surface area contributed by atoms with E-state index in [0.717, 1.165) is 27.9 Å². The Morgan fingerprint density at radius 1 is 0.614 bits per heavy atom. The summed E-state index contributed by atoms with van der Waals surface area (Å²) in [6, 6.07) is 18.8. The van der Waals surface area contributed by atoms with Gasteiger partial charge in [0.05, 0.1) is 28.1 Å². The summed E-state index contributed by atoms with van der Waals surface area (Å²) in [4.78, 5) is 9.43. The highest BCUT2D eigenvalue weighted by Gasteiger charge is 2.42. The molecule has 1 aliphatic heterocycles. The minimum absolute atomic E-state index is 0.180. The van der Waals surface area contributed by atoms with Crippen LogP contribution in [0.1, 0.15) is 116 Å². The lowest BCUT2D eigenvalue weighted by Gasteiger charge is -2.25. The molecule has 0 bridgehead atoms. The molecule has 1 aliphatic rings. The van der Waals surface area contributed by atoms with Crippen molar-refractivity contribution in [3.8, 4) is 17.4 Å². The van der Waals surface area contributed by atoms with Crippen LogP contribution in [0.15, 0.2) is 115 Å². The molecule has 6 nitrogen and oxygen atoms in total. The summed E-state index contributed by atoms with van der Waals surface area (Å²) in [6.45, 7) is 25.3. The van der Waals surface area contributed by atoms with E-state index in [2.05, 4.69) is 101 Å². The number of fused-ring (bicyclic) bond motifs is 4. The van der Waals surface area contributed by atoms with E-state index >= 15 is 0 Å². The molecule has 7 aromatic rings. The number of para-hydroxylation sites is 4. The quantitative estimate of drug-likeness (QED) is 0.164. The molecule has 288 valence electrons. The molecule has 57 heavy (non-hydrogen) atoms. The van der Waals surface area contributed by atoms with Crippen molar-refractivity contribution in [3.05, 3.63) is 138 Å². The predicted molar refractivity (Wildman–Crippen MR) is 238 cm³/mol. The second-order valence-electron chi connectivity index (χ2n) is 19.0. The van der Waals surface area contributed by atoms with Crippen molar-refractivity contribution in [1.29, 1.82) is 0 Å². The molecule has 4 heterocycles. The fraction of sp³-hybridized carbons (Fsp3) is 0.314. The van der Waals surface area contributed by atoms with Crippen molar-refractivity contribution in [1.82, 2.24) is 23.7 Å². The predicted octanol–water partition coefficient (Wildman–Crippen LogP) is 13.4. The van der Waals surface area contributed by atoms with E-state index in [1.807, 2.05) is 30.3 Å². The van der Waals surface area contributed by atoms with Crippen LogP contribution < -0.4 is 13.9 Å². The van der Waals surface area contributed by atoms with Gasteiger partial charge in [-0.15, -0.1) is 0 Å². The monoisotopic (exact) mass is 761 g/mol. The number of aromatic nitrogens is 3. The number of benzene rings is 4. The molecule has 0 aliphatic carbocycles. The van der Waals surface area contributed by atoms with Gasteiger partial charge >= 0.3 is 6.01 Å². The van der Waals surface area contributed by atoms with E-state index in [-0.39, 0.29) is 81.7 Å². The van der Waals surface area contributed by atoms with Crippen molar-refractivity contribution in [3.63, 3.8) is 0 Å². The lowest BCUT2D eigenvalue weighted by Crippen LogP contribution is -2.21. The zero-order chi connectivity index (χ0) is 47.6. The summed E-state index contributed by atoms with van der Waals surface area (Å²) in [5, 5.41) is 0.823. The summed E-state index contributed by atoms with van der Waals surface area (Å²) >= 11 is 0. The third-order valence-corrected chi connectivity index (χ3v) is 10.5. The maximum absolute atomic E-state index is 9.33. The first kappa shape index (κ1) is 29.4. The zero-order valence-electron chi connectivity index (χ0n) is 43.0. The maximum atomic E-state index is 9.33. The molecule has 6 heteroatoms. The molecule has 3 aromatic heterocycles. The summed E-state index contributed by atoms with van der Waals surface area (Å²) in [5.41, 5.74) is 5.24. The smallest absolute Gasteiger partial charge is 0.439 e. The fourth-order valence-corrected chi connectivity index (χ4v) is 7.39. The van der Waals surface area contributed by atoms with Crippen molar-refractivity contribution in [2.24, 2.45) is 0 Å². The molecular weight excluding hydrogens is 699 g/mol. The van der Waals surface area contributed by atoms with Gasteiger partial charge in [0, 0.05) is 58.5 Å². The van der Waals surface area contributed by atoms with Gasteiger partial charge in [-0.2, -0.15) is 0 Å². The molecule has 0 saturated heterocycles. The molecule has 0 saturated carbocycles. The first-order valence-corrected chi connectivity index (χ1v) is 19.4. The van der Waals surface area contributed by atoms with Crippen molar-refractivity contribution < 1.29 is 15.7 Å². The van der Waals surface area contributed by atoms with Crippen LogP contribution in [0.4, 0.5) is 22.7 Å². The molecule has 0 atom stereocenters. The van der Waals surface area contributed by atoms with Crippen LogP contribution in [-0.2, 0) is 21.7 Å². The second kappa shape index (κ2) is 13.4. The van der Waals surface area contributed by atoms with E-state index in [9.17, 15) is 2.74 Å². The number of hydrogen-bond acceptors (Lipinski definition) is 3. The SMILES string of the molecule is [2H]c1c([2H])c([2H])c2c(c1[2H])[N+](c1cc(Oc3cc4c(cn3)c3c([2H])c([2H])c([2H])c([2H])c3n4-c3cc(C(C)(C)C)ccn3)cc(C(C)(C)C)c1)=C=[N+]2c1c(C(C)(C)C)cccc1C(C)(C)C. The Labute approximate surface area is 349 Å². The Bertz CT molecular complexity index is 3210. The summed E-state index contributed by atoms with van der Waals surface area (Å²) < 4.78 is 83.4. The molecule has 0 fully saturated rings. The summed E-state index contributed by atoms with van der Waals surface area (Å²) in [6.07, 6.45) is 3.27. The largest absolute Gasteiger partial charge is 0.503 e. The van der Waals surface area contributed by atoms with Crippen LogP contribution in [0.5, 0.6) is 11.6 Å². The van der Waals surface area contributed by atoms with Gasteiger partial charge in [0.1, 0.15) is 11.6 Å². The van der Waals surface area contributed by atoms with Crippen LogP contribution in [0.2, 0.25) is 0 Å². The van der Waals surface area contributed by atoms with Crippen molar-refractivity contribution in [2.75, 3.05) is 0 Å². The van der Waals surface area contributed by atoms with Gasteiger partial charge in [-0.3, -0.25) is 4.57 Å². The van der Waals surface area contributed by atoms with Gasteiger partial charge in [-0.1, -0.05) is 131 Å². The standard InChI is InChI=1S/C51H55N5O/c1-48(2,3)33-24-25-52-45(28-33)56-41-21-14-13-18-37(41)38-31-53-46(30-44(38)56)57-36-27-34(49(4,5)6)26-35(29-36)54-32-55(43-23-16-15-22-42(43)54)47-39(50(7,8)9)19-17-20-40(47)51(10,11)12/h13-31H,1-12H3/q+2/i13D,14D,15D,16D,18D,21D,22D,23D. The van der Waals surface area contributed by atoms with Crippen LogP contribution in [0.25, 0.3) is 27.6 Å². The number of rotatable bonds is 5. The zero-order valence-corrected chi connectivity index (χ0v) is 35.0. The van der Waals surface area contributed by atoms with E-state index in [1.54, 1.807) is 38.2 Å². The lowest BCUT2D eigenvalue weighted by molar-refractivity contribution is 0.460. The van der Waals surface area contributed by atoms with Gasteiger partial charge in [0.2, 0.25) is 17.3 Å². The number of ether oxygens (including phenoxy) is 1. The average Bonchev–Trinajstić information content (AvgIpc) is 3.79. The Kier molecular flexibility index (Phi) is 6.91. The number of nitrogens with zero attached hydrogens (tertiary/aromatic N) is 5. The number of pyridine rings is 2. The van der Waals surface area contributed by atoms with E-state index in [4.69, 9.17) is 22.9 Å². The normalized spacial score (nSPS) is 15.5. The molecule has 0 N–H and O–H groups in total. The minimum atomic E-state index is -0.408. The highest BCUT2D eigenvalue weighted by atomic mass is 16.5. The molecular formula is C51H55N5O+2. The number of hydrogen-bond donors (Lipinski definition) is 0. The highest BCUT2D eigenvalue weighted by Crippen LogP contribution is 2.45. The second-order valence-corrected chi connectivity index (χ2v) is 19.0. The highest BCUT2D eigenvalue weighted by molar-refractivity contribution is 6.09. The van der Waals surface area contributed by atoms with Crippen molar-refractivity contribution >= 4 is 50.6 Å². The molecule has 0 radical (unpaired) electrons. The molecule has 0 spiro atoms. The maximum Gasteiger partial charge on any atom is 0.503 e. The van der Waals surface area contributed by atoms with Gasteiger partial charge in [-0.25, -0.2) is 9.97 Å². The Morgan fingerprint density at radius 3 is 1.89 bits per heavy atom. The summed E-state index contributed by atoms with van der Waals surface area (Å²) in [7, 11) is 0.